The van der Waals surface area contributed by atoms with Gasteiger partial charge in [-0.3, -0.25) is 19.3 Å². The van der Waals surface area contributed by atoms with Gasteiger partial charge in [0.15, 0.2) is 0 Å². The van der Waals surface area contributed by atoms with Crippen molar-refractivity contribution in [2.24, 2.45) is 5.92 Å². The molecule has 7 nitrogen and oxygen atoms in total. The van der Waals surface area contributed by atoms with Crippen LogP contribution in [0, 0.1) is 5.92 Å². The maximum Gasteiger partial charge on any atom is 0.236 e. The Kier molecular flexibility index (Phi) is 7.72. The molecule has 3 amide bonds. The minimum Gasteiger partial charge on any atom is -0.342 e. The first-order valence-corrected chi connectivity index (χ1v) is 11.2. The molecule has 1 unspecified atom stereocenters. The van der Waals surface area contributed by atoms with E-state index >= 15 is 0 Å². The maximum atomic E-state index is 13.1. The quantitative estimate of drug-likeness (QED) is 0.687. The number of halogens is 1. The van der Waals surface area contributed by atoms with Crippen molar-refractivity contribution >= 4 is 35.0 Å². The van der Waals surface area contributed by atoms with Gasteiger partial charge in [-0.15, -0.1) is 0 Å². The molecule has 2 aliphatic rings. The van der Waals surface area contributed by atoms with Gasteiger partial charge in [0, 0.05) is 62.9 Å². The fourth-order valence-electron chi connectivity index (χ4n) is 4.24. The summed E-state index contributed by atoms with van der Waals surface area (Å²) in [4.78, 5) is 45.5. The number of carbonyl (C=O) groups excluding carboxylic acids is 3. The highest BCUT2D eigenvalue weighted by atomic mass is 35.5. The first-order chi connectivity index (χ1) is 14.4. The highest BCUT2D eigenvalue weighted by Crippen LogP contribution is 2.28. The number of rotatable bonds is 6. The van der Waals surface area contributed by atoms with E-state index in [2.05, 4.69) is 4.90 Å². The normalized spacial score (nSPS) is 20.4. The van der Waals surface area contributed by atoms with E-state index in [-0.39, 0.29) is 30.1 Å². The van der Waals surface area contributed by atoms with Crippen LogP contribution >= 0.6 is 11.6 Å². The molecule has 2 saturated heterocycles. The number of nitrogens with zero attached hydrogens (tertiary/aromatic N) is 4. The van der Waals surface area contributed by atoms with Crippen molar-refractivity contribution in [3.05, 3.63) is 29.3 Å². The Labute approximate surface area is 183 Å². The second kappa shape index (κ2) is 10.3. The maximum absolute atomic E-state index is 13.1. The number of amides is 3. The lowest BCUT2D eigenvalue weighted by atomic mass is 10.1. The van der Waals surface area contributed by atoms with Gasteiger partial charge in [0.25, 0.3) is 0 Å². The van der Waals surface area contributed by atoms with Crippen LogP contribution in [0.5, 0.6) is 0 Å². The Morgan fingerprint density at radius 3 is 2.60 bits per heavy atom. The third-order valence-corrected chi connectivity index (χ3v) is 6.20. The number of benzene rings is 1. The monoisotopic (exact) mass is 434 g/mol. The van der Waals surface area contributed by atoms with Crippen LogP contribution in [0.2, 0.25) is 5.02 Å². The molecule has 2 heterocycles. The van der Waals surface area contributed by atoms with E-state index in [1.165, 1.54) is 0 Å². The van der Waals surface area contributed by atoms with Crippen LogP contribution in [0.4, 0.5) is 5.69 Å². The van der Waals surface area contributed by atoms with Crippen LogP contribution in [0.25, 0.3) is 0 Å². The zero-order valence-corrected chi connectivity index (χ0v) is 18.6. The van der Waals surface area contributed by atoms with Crippen molar-refractivity contribution < 1.29 is 14.4 Å². The molecule has 1 aromatic rings. The number of hydrogen-bond donors (Lipinski definition) is 0. The second-order valence-corrected chi connectivity index (χ2v) is 8.34. The standard InChI is InChI=1S/C22H31ClN4O3/c1-3-25(4-2)21(29)16-24-9-6-10-26(12-11-24)22(30)17-13-20(28)27(15-17)19-8-5-7-18(23)14-19/h5,7-8,14,17H,3-4,6,9-13,15-16H2,1-2H3. The zero-order chi connectivity index (χ0) is 21.7. The predicted molar refractivity (Wildman–Crippen MR) is 117 cm³/mol. The van der Waals surface area contributed by atoms with Crippen LogP contribution < -0.4 is 4.90 Å². The first kappa shape index (κ1) is 22.6. The van der Waals surface area contributed by atoms with E-state index in [1.54, 1.807) is 17.0 Å². The number of likely N-dealkylation sites (N-methyl/N-ethyl adjacent to an activating group) is 1. The molecule has 0 spiro atoms. The molecule has 0 N–H and O–H groups in total. The zero-order valence-electron chi connectivity index (χ0n) is 17.8. The molecule has 0 saturated carbocycles. The van der Waals surface area contributed by atoms with Gasteiger partial charge >= 0.3 is 0 Å². The summed E-state index contributed by atoms with van der Waals surface area (Å²) < 4.78 is 0. The van der Waals surface area contributed by atoms with Crippen molar-refractivity contribution in [1.29, 1.82) is 0 Å². The molecule has 164 valence electrons. The van der Waals surface area contributed by atoms with E-state index in [4.69, 9.17) is 11.6 Å². The Balaban J connectivity index is 1.56. The second-order valence-electron chi connectivity index (χ2n) is 7.91. The van der Waals surface area contributed by atoms with Crippen LogP contribution in [0.3, 0.4) is 0 Å². The summed E-state index contributed by atoms with van der Waals surface area (Å²) >= 11 is 6.05. The third-order valence-electron chi connectivity index (χ3n) is 5.97. The van der Waals surface area contributed by atoms with Gasteiger partial charge in [-0.1, -0.05) is 17.7 Å². The van der Waals surface area contributed by atoms with Gasteiger partial charge in [0.1, 0.15) is 0 Å². The van der Waals surface area contributed by atoms with Crippen molar-refractivity contribution in [1.82, 2.24) is 14.7 Å². The molecule has 3 rings (SSSR count). The molecule has 2 fully saturated rings. The van der Waals surface area contributed by atoms with Crippen molar-refractivity contribution in [2.75, 3.05) is 57.3 Å². The molecule has 1 aromatic carbocycles. The van der Waals surface area contributed by atoms with Gasteiger partial charge in [-0.2, -0.15) is 0 Å². The van der Waals surface area contributed by atoms with Gasteiger partial charge in [0.05, 0.1) is 12.5 Å². The third kappa shape index (κ3) is 5.32. The largest absolute Gasteiger partial charge is 0.342 e. The fraction of sp³-hybridized carbons (Fsp3) is 0.591. The Hall–Kier alpha value is -2.12. The molecule has 0 aromatic heterocycles. The van der Waals surface area contributed by atoms with Gasteiger partial charge < -0.3 is 14.7 Å². The van der Waals surface area contributed by atoms with Crippen LogP contribution in [-0.2, 0) is 14.4 Å². The average Bonchev–Trinajstić information content (AvgIpc) is 2.96. The molecular weight excluding hydrogens is 404 g/mol. The number of anilines is 1. The van der Waals surface area contributed by atoms with E-state index in [1.807, 2.05) is 35.8 Å². The summed E-state index contributed by atoms with van der Waals surface area (Å²) in [6, 6.07) is 7.17. The number of carbonyl (C=O) groups is 3. The fourth-order valence-corrected chi connectivity index (χ4v) is 4.43. The SMILES string of the molecule is CCN(CC)C(=O)CN1CCCN(C(=O)C2CC(=O)N(c3cccc(Cl)c3)C2)CC1. The van der Waals surface area contributed by atoms with E-state index < -0.39 is 0 Å². The predicted octanol–water partition coefficient (Wildman–Crippen LogP) is 2.10. The first-order valence-electron chi connectivity index (χ1n) is 10.8. The summed E-state index contributed by atoms with van der Waals surface area (Å²) in [5.41, 5.74) is 0.736. The van der Waals surface area contributed by atoms with Crippen molar-refractivity contribution in [3.63, 3.8) is 0 Å². The molecule has 30 heavy (non-hydrogen) atoms. The Morgan fingerprint density at radius 1 is 1.13 bits per heavy atom. The highest BCUT2D eigenvalue weighted by Gasteiger charge is 2.37. The molecule has 0 aliphatic carbocycles. The van der Waals surface area contributed by atoms with E-state index in [0.29, 0.717) is 50.8 Å². The Bertz CT molecular complexity index is 783. The number of hydrogen-bond acceptors (Lipinski definition) is 4. The summed E-state index contributed by atoms with van der Waals surface area (Å²) in [7, 11) is 0. The van der Waals surface area contributed by atoms with Crippen molar-refractivity contribution in [2.45, 2.75) is 26.7 Å². The lowest BCUT2D eigenvalue weighted by molar-refractivity contribution is -0.135. The van der Waals surface area contributed by atoms with Gasteiger partial charge in [-0.25, -0.2) is 0 Å². The van der Waals surface area contributed by atoms with Crippen LogP contribution in [0.15, 0.2) is 24.3 Å². The average molecular weight is 435 g/mol. The molecule has 0 bridgehead atoms. The minimum absolute atomic E-state index is 0.0322. The lowest BCUT2D eigenvalue weighted by Crippen LogP contribution is -2.43. The molecular formula is C22H31ClN4O3. The topological polar surface area (TPSA) is 64.2 Å². The Morgan fingerprint density at radius 2 is 1.90 bits per heavy atom. The van der Waals surface area contributed by atoms with Crippen molar-refractivity contribution in [3.8, 4) is 0 Å². The van der Waals surface area contributed by atoms with E-state index in [0.717, 1.165) is 18.7 Å². The van der Waals surface area contributed by atoms with Crippen LogP contribution in [-0.4, -0.2) is 84.8 Å². The molecule has 0 radical (unpaired) electrons. The summed E-state index contributed by atoms with van der Waals surface area (Å²) in [5.74, 6) is -0.208. The molecule has 8 heteroatoms. The lowest BCUT2D eigenvalue weighted by Gasteiger charge is -2.26. The summed E-state index contributed by atoms with van der Waals surface area (Å²) in [6.07, 6.45) is 1.06. The van der Waals surface area contributed by atoms with Gasteiger partial charge in [0.2, 0.25) is 17.7 Å². The van der Waals surface area contributed by atoms with Crippen LogP contribution in [0.1, 0.15) is 26.7 Å². The summed E-state index contributed by atoms with van der Waals surface area (Å²) in [5, 5.41) is 0.571. The molecule has 2 aliphatic heterocycles. The summed E-state index contributed by atoms with van der Waals surface area (Å²) in [6.45, 7) is 8.92. The van der Waals surface area contributed by atoms with Gasteiger partial charge in [-0.05, 0) is 38.5 Å². The highest BCUT2D eigenvalue weighted by molar-refractivity contribution is 6.31. The smallest absolute Gasteiger partial charge is 0.236 e. The molecule has 1 atom stereocenters. The van der Waals surface area contributed by atoms with E-state index in [9.17, 15) is 14.4 Å². The minimum atomic E-state index is -0.333.